The lowest BCUT2D eigenvalue weighted by molar-refractivity contribution is -0.136. The monoisotopic (exact) mass is 365 g/mol. The van der Waals surface area contributed by atoms with Gasteiger partial charge in [0.25, 0.3) is 5.56 Å². The van der Waals surface area contributed by atoms with E-state index in [1.54, 1.807) is 24.3 Å². The van der Waals surface area contributed by atoms with Gasteiger partial charge in [-0.15, -0.1) is 0 Å². The van der Waals surface area contributed by atoms with Gasteiger partial charge in [0.2, 0.25) is 0 Å². The summed E-state index contributed by atoms with van der Waals surface area (Å²) in [7, 11) is 0. The molecule has 2 rings (SSSR count). The molecule has 0 fully saturated rings. The quantitative estimate of drug-likeness (QED) is 0.622. The van der Waals surface area contributed by atoms with Crippen molar-refractivity contribution in [2.75, 3.05) is 11.9 Å². The van der Waals surface area contributed by atoms with Gasteiger partial charge in [0.15, 0.2) is 5.69 Å². The highest BCUT2D eigenvalue weighted by Crippen LogP contribution is 2.19. The van der Waals surface area contributed by atoms with Gasteiger partial charge in [-0.1, -0.05) is 29.8 Å². The Kier molecular flexibility index (Phi) is 6.02. The molecule has 1 aromatic carbocycles. The van der Waals surface area contributed by atoms with Crippen molar-refractivity contribution in [3.63, 3.8) is 0 Å². The van der Waals surface area contributed by atoms with Crippen molar-refractivity contribution in [2.45, 2.75) is 13.0 Å². The Morgan fingerprint density at radius 1 is 1.20 bits per heavy atom. The van der Waals surface area contributed by atoms with Gasteiger partial charge in [-0.2, -0.15) is 0 Å². The molecular weight excluding hydrogens is 350 g/mol. The fraction of sp³-hybridized carbons (Fsp3) is 0.188. The number of urea groups is 1. The fourth-order valence-electron chi connectivity index (χ4n) is 2.06. The number of carboxylic acid groups (broad SMARTS) is 1. The summed E-state index contributed by atoms with van der Waals surface area (Å²) in [5.74, 6) is -1.46. The number of aliphatic carboxylic acids is 1. The molecule has 1 heterocycles. The zero-order chi connectivity index (χ0) is 18.4. The summed E-state index contributed by atoms with van der Waals surface area (Å²) in [5, 5.41) is 23.4. The highest BCUT2D eigenvalue weighted by Gasteiger charge is 2.13. The van der Waals surface area contributed by atoms with Crippen molar-refractivity contribution in [2.24, 2.45) is 0 Å². The molecule has 2 amide bonds. The average molecular weight is 366 g/mol. The number of nitrogens with one attached hydrogen (secondary N) is 2. The van der Waals surface area contributed by atoms with E-state index in [2.05, 4.69) is 10.6 Å². The van der Waals surface area contributed by atoms with Gasteiger partial charge in [0, 0.05) is 17.8 Å². The van der Waals surface area contributed by atoms with E-state index in [-0.39, 0.29) is 25.2 Å². The normalized spacial score (nSPS) is 10.3. The third-order valence-corrected chi connectivity index (χ3v) is 3.67. The first-order chi connectivity index (χ1) is 11.9. The minimum atomic E-state index is -1.06. The van der Waals surface area contributed by atoms with Crippen LogP contribution < -0.4 is 16.2 Å². The van der Waals surface area contributed by atoms with Crippen LogP contribution in [0.1, 0.15) is 12.0 Å². The van der Waals surface area contributed by atoms with Gasteiger partial charge in [0.05, 0.1) is 13.0 Å². The van der Waals surface area contributed by atoms with Crippen LogP contribution in [-0.4, -0.2) is 33.3 Å². The molecule has 2 aromatic rings. The summed E-state index contributed by atoms with van der Waals surface area (Å²) in [6.45, 7) is 0.0523. The van der Waals surface area contributed by atoms with E-state index in [9.17, 15) is 19.5 Å². The molecule has 8 nitrogen and oxygen atoms in total. The lowest BCUT2D eigenvalue weighted by Gasteiger charge is -2.12. The summed E-state index contributed by atoms with van der Waals surface area (Å²) in [6, 6.07) is 7.47. The molecule has 0 bridgehead atoms. The third-order valence-electron chi connectivity index (χ3n) is 3.30. The summed E-state index contributed by atoms with van der Waals surface area (Å²) in [6.07, 6.45) is 1.12. The topological polar surface area (TPSA) is 121 Å². The Morgan fingerprint density at radius 3 is 2.60 bits per heavy atom. The van der Waals surface area contributed by atoms with Crippen molar-refractivity contribution < 1.29 is 19.8 Å². The van der Waals surface area contributed by atoms with Crippen LogP contribution in [0, 0.1) is 0 Å². The molecule has 25 heavy (non-hydrogen) atoms. The van der Waals surface area contributed by atoms with Crippen molar-refractivity contribution in [1.82, 2.24) is 9.88 Å². The Labute approximate surface area is 147 Å². The molecule has 0 unspecified atom stereocenters. The van der Waals surface area contributed by atoms with Gasteiger partial charge in [-0.25, -0.2) is 4.79 Å². The average Bonchev–Trinajstić information content (AvgIpc) is 2.55. The SMILES string of the molecule is O=C(O)CCNC(=O)Nc1c(O)ccn(Cc2ccccc2Cl)c1=O. The number of pyridine rings is 1. The molecule has 1 aromatic heterocycles. The maximum absolute atomic E-state index is 12.4. The number of carboxylic acids is 1. The van der Waals surface area contributed by atoms with E-state index >= 15 is 0 Å². The summed E-state index contributed by atoms with van der Waals surface area (Å²) >= 11 is 6.07. The van der Waals surface area contributed by atoms with Gasteiger partial charge in [-0.3, -0.25) is 9.59 Å². The van der Waals surface area contributed by atoms with Crippen LogP contribution in [0.25, 0.3) is 0 Å². The maximum atomic E-state index is 12.4. The Hall–Kier alpha value is -3.00. The molecular formula is C16H16ClN3O5. The Morgan fingerprint density at radius 2 is 1.92 bits per heavy atom. The van der Waals surface area contributed by atoms with E-state index in [4.69, 9.17) is 16.7 Å². The molecule has 0 aliphatic heterocycles. The molecule has 9 heteroatoms. The summed E-state index contributed by atoms with van der Waals surface area (Å²) < 4.78 is 1.29. The standard InChI is InChI=1S/C16H16ClN3O5/c17-11-4-2-1-3-10(11)9-20-8-6-12(21)14(15(20)24)19-16(25)18-7-5-13(22)23/h1-4,6,8,21H,5,7,9H2,(H,22,23)(H2,18,19,25). The van der Waals surface area contributed by atoms with Gasteiger partial charge < -0.3 is 25.4 Å². The van der Waals surface area contributed by atoms with E-state index < -0.39 is 23.3 Å². The number of benzene rings is 1. The lowest BCUT2D eigenvalue weighted by Crippen LogP contribution is -2.34. The lowest BCUT2D eigenvalue weighted by atomic mass is 10.2. The zero-order valence-electron chi connectivity index (χ0n) is 13.0. The fourth-order valence-corrected chi connectivity index (χ4v) is 2.25. The van der Waals surface area contributed by atoms with E-state index in [1.807, 2.05) is 0 Å². The highest BCUT2D eigenvalue weighted by molar-refractivity contribution is 6.31. The molecule has 0 saturated heterocycles. The largest absolute Gasteiger partial charge is 0.505 e. The molecule has 4 N–H and O–H groups in total. The van der Waals surface area contributed by atoms with Crippen LogP contribution >= 0.6 is 11.6 Å². The van der Waals surface area contributed by atoms with Gasteiger partial charge >= 0.3 is 12.0 Å². The number of rotatable bonds is 6. The minimum absolute atomic E-state index is 0.109. The molecule has 0 aliphatic rings. The highest BCUT2D eigenvalue weighted by atomic mass is 35.5. The number of aromatic nitrogens is 1. The second-order valence-corrected chi connectivity index (χ2v) is 5.53. The second kappa shape index (κ2) is 8.20. The number of aromatic hydroxyl groups is 1. The second-order valence-electron chi connectivity index (χ2n) is 5.13. The van der Waals surface area contributed by atoms with Crippen molar-refractivity contribution in [1.29, 1.82) is 0 Å². The molecule has 0 atom stereocenters. The van der Waals surface area contributed by atoms with Crippen LogP contribution in [0.2, 0.25) is 5.02 Å². The van der Waals surface area contributed by atoms with E-state index in [0.717, 1.165) is 0 Å². The van der Waals surface area contributed by atoms with Crippen LogP contribution in [0.15, 0.2) is 41.3 Å². The van der Waals surface area contributed by atoms with Crippen molar-refractivity contribution in [3.8, 4) is 5.75 Å². The van der Waals surface area contributed by atoms with Crippen molar-refractivity contribution >= 4 is 29.3 Å². The maximum Gasteiger partial charge on any atom is 0.319 e. The number of amides is 2. The number of halogens is 1. The first-order valence-electron chi connectivity index (χ1n) is 7.31. The molecule has 0 saturated carbocycles. The number of anilines is 1. The third kappa shape index (κ3) is 4.98. The smallest absolute Gasteiger partial charge is 0.319 e. The van der Waals surface area contributed by atoms with Crippen LogP contribution in [0.4, 0.5) is 10.5 Å². The molecule has 132 valence electrons. The van der Waals surface area contributed by atoms with Crippen LogP contribution in [0.3, 0.4) is 0 Å². The Balaban J connectivity index is 2.16. The minimum Gasteiger partial charge on any atom is -0.505 e. The van der Waals surface area contributed by atoms with E-state index in [0.29, 0.717) is 10.6 Å². The molecule has 0 spiro atoms. The number of nitrogens with zero attached hydrogens (tertiary/aromatic N) is 1. The summed E-state index contributed by atoms with van der Waals surface area (Å²) in [5.41, 5.74) is -0.218. The number of hydrogen-bond donors (Lipinski definition) is 4. The first-order valence-corrected chi connectivity index (χ1v) is 7.68. The number of hydrogen-bond acceptors (Lipinski definition) is 4. The molecule has 0 aliphatic carbocycles. The zero-order valence-corrected chi connectivity index (χ0v) is 13.8. The summed E-state index contributed by atoms with van der Waals surface area (Å²) in [4.78, 5) is 34.6. The van der Waals surface area contributed by atoms with Gasteiger partial charge in [-0.05, 0) is 17.7 Å². The Bertz CT molecular complexity index is 850. The van der Waals surface area contributed by atoms with E-state index in [1.165, 1.54) is 16.8 Å². The predicted molar refractivity (Wildman–Crippen MR) is 92.2 cm³/mol. The number of carbonyl (C=O) groups excluding carboxylic acids is 1. The number of carbonyl (C=O) groups is 2. The predicted octanol–water partition coefficient (Wildman–Crippen LogP) is 1.85. The van der Waals surface area contributed by atoms with Crippen LogP contribution in [-0.2, 0) is 11.3 Å². The first kappa shape index (κ1) is 18.3. The van der Waals surface area contributed by atoms with Gasteiger partial charge in [0.1, 0.15) is 5.75 Å². The van der Waals surface area contributed by atoms with Crippen molar-refractivity contribution in [3.05, 3.63) is 57.5 Å². The molecule has 0 radical (unpaired) electrons. The van der Waals surface area contributed by atoms with Crippen LogP contribution in [0.5, 0.6) is 5.75 Å².